The Kier molecular flexibility index (Phi) is 5.35. The van der Waals surface area contributed by atoms with E-state index in [1.54, 1.807) is 13.2 Å². The highest BCUT2D eigenvalue weighted by Crippen LogP contribution is 2.31. The van der Waals surface area contributed by atoms with E-state index in [4.69, 9.17) is 33.7 Å². The first-order chi connectivity index (χ1) is 7.58. The van der Waals surface area contributed by atoms with Crippen LogP contribution in [0.4, 0.5) is 0 Å². The number of hydrogen-bond donors (Lipinski definition) is 1. The van der Waals surface area contributed by atoms with Crippen LogP contribution in [0.25, 0.3) is 0 Å². The number of ether oxygens (including phenoxy) is 1. The molecule has 2 N–H and O–H groups in total. The van der Waals surface area contributed by atoms with E-state index in [2.05, 4.69) is 4.90 Å². The largest absolute Gasteiger partial charge is 0.495 e. The van der Waals surface area contributed by atoms with Crippen LogP contribution < -0.4 is 10.5 Å². The third-order valence-electron chi connectivity index (χ3n) is 2.27. The van der Waals surface area contributed by atoms with Crippen LogP contribution in [-0.4, -0.2) is 32.1 Å². The van der Waals surface area contributed by atoms with Crippen LogP contribution in [0, 0.1) is 0 Å². The molecule has 0 atom stereocenters. The quantitative estimate of drug-likeness (QED) is 0.886. The zero-order valence-corrected chi connectivity index (χ0v) is 11.0. The van der Waals surface area contributed by atoms with Crippen molar-refractivity contribution in [2.75, 3.05) is 27.2 Å². The minimum atomic E-state index is 0.572. The monoisotopic (exact) mass is 262 g/mol. The predicted molar refractivity (Wildman–Crippen MR) is 68.4 cm³/mol. The molecule has 90 valence electrons. The van der Waals surface area contributed by atoms with Crippen LogP contribution in [0.15, 0.2) is 12.1 Å². The van der Waals surface area contributed by atoms with Crippen LogP contribution in [-0.2, 0) is 6.54 Å². The third-order valence-corrected chi connectivity index (χ3v) is 2.92. The smallest absolute Gasteiger partial charge is 0.138 e. The van der Waals surface area contributed by atoms with E-state index in [-0.39, 0.29) is 0 Å². The van der Waals surface area contributed by atoms with Crippen LogP contribution in [0.3, 0.4) is 0 Å². The summed E-state index contributed by atoms with van der Waals surface area (Å²) in [6.45, 7) is 2.16. The second-order valence-electron chi connectivity index (χ2n) is 3.60. The summed E-state index contributed by atoms with van der Waals surface area (Å²) in [5, 5.41) is 1.23. The van der Waals surface area contributed by atoms with Gasteiger partial charge in [-0.25, -0.2) is 0 Å². The number of methoxy groups -OCH3 is 1. The van der Waals surface area contributed by atoms with E-state index in [0.717, 1.165) is 18.7 Å². The fourth-order valence-electron chi connectivity index (χ4n) is 1.44. The van der Waals surface area contributed by atoms with Gasteiger partial charge in [0.2, 0.25) is 0 Å². The van der Waals surface area contributed by atoms with E-state index in [9.17, 15) is 0 Å². The molecule has 0 aromatic heterocycles. The Morgan fingerprint density at radius 3 is 2.56 bits per heavy atom. The van der Waals surface area contributed by atoms with E-state index in [0.29, 0.717) is 22.3 Å². The molecular weight excluding hydrogens is 247 g/mol. The first-order valence-corrected chi connectivity index (χ1v) is 5.74. The van der Waals surface area contributed by atoms with Crippen molar-refractivity contribution in [3.63, 3.8) is 0 Å². The normalized spacial score (nSPS) is 10.9. The zero-order valence-electron chi connectivity index (χ0n) is 9.46. The summed E-state index contributed by atoms with van der Waals surface area (Å²) in [6, 6.07) is 3.56. The minimum Gasteiger partial charge on any atom is -0.495 e. The van der Waals surface area contributed by atoms with Gasteiger partial charge in [-0.2, -0.15) is 0 Å². The molecule has 0 radical (unpaired) electrons. The molecule has 5 heteroatoms. The average molecular weight is 263 g/mol. The van der Waals surface area contributed by atoms with Gasteiger partial charge in [-0.3, -0.25) is 0 Å². The average Bonchev–Trinajstić information content (AvgIpc) is 2.23. The number of hydrogen-bond acceptors (Lipinski definition) is 3. The van der Waals surface area contributed by atoms with Crippen LogP contribution >= 0.6 is 23.2 Å². The molecule has 0 aliphatic heterocycles. The van der Waals surface area contributed by atoms with Crippen molar-refractivity contribution < 1.29 is 4.74 Å². The molecule has 0 saturated carbocycles. The fraction of sp³-hybridized carbons (Fsp3) is 0.455. The number of rotatable bonds is 5. The summed E-state index contributed by atoms with van der Waals surface area (Å²) >= 11 is 12.2. The van der Waals surface area contributed by atoms with E-state index in [1.165, 1.54) is 0 Å². The molecule has 1 aromatic rings. The molecular formula is C11H16Cl2N2O. The molecule has 0 saturated heterocycles. The predicted octanol–water partition coefficient (Wildman–Crippen LogP) is 2.39. The van der Waals surface area contributed by atoms with Crippen molar-refractivity contribution in [2.45, 2.75) is 6.54 Å². The van der Waals surface area contributed by atoms with Crippen molar-refractivity contribution in [3.8, 4) is 5.75 Å². The maximum absolute atomic E-state index is 6.13. The SMILES string of the molecule is COc1cc(Cl)c(CN(C)CCN)cc1Cl. The van der Waals surface area contributed by atoms with Gasteiger partial charge in [0.05, 0.1) is 12.1 Å². The number of benzene rings is 1. The van der Waals surface area contributed by atoms with Crippen LogP contribution in [0.1, 0.15) is 5.56 Å². The molecule has 0 spiro atoms. The van der Waals surface area contributed by atoms with Crippen molar-refractivity contribution in [1.82, 2.24) is 4.90 Å². The van der Waals surface area contributed by atoms with Crippen molar-refractivity contribution in [2.24, 2.45) is 5.73 Å². The Balaban J connectivity index is 2.85. The molecule has 0 amide bonds. The topological polar surface area (TPSA) is 38.5 Å². The maximum atomic E-state index is 6.13. The molecule has 0 aliphatic carbocycles. The fourth-order valence-corrected chi connectivity index (χ4v) is 1.91. The molecule has 0 unspecified atom stereocenters. The van der Waals surface area contributed by atoms with E-state index < -0.39 is 0 Å². The first kappa shape index (κ1) is 13.6. The van der Waals surface area contributed by atoms with Gasteiger partial charge in [0.1, 0.15) is 5.75 Å². The highest BCUT2D eigenvalue weighted by atomic mass is 35.5. The molecule has 1 rings (SSSR count). The highest BCUT2D eigenvalue weighted by Gasteiger charge is 2.09. The Labute approximate surface area is 106 Å². The second kappa shape index (κ2) is 6.30. The molecule has 0 aliphatic rings. The lowest BCUT2D eigenvalue weighted by atomic mass is 10.2. The van der Waals surface area contributed by atoms with Gasteiger partial charge in [-0.05, 0) is 18.7 Å². The Hall–Kier alpha value is -0.480. The van der Waals surface area contributed by atoms with Crippen LogP contribution in [0.5, 0.6) is 5.75 Å². The summed E-state index contributed by atoms with van der Waals surface area (Å²) in [6.07, 6.45) is 0. The lowest BCUT2D eigenvalue weighted by molar-refractivity contribution is 0.336. The summed E-state index contributed by atoms with van der Waals surface area (Å²) in [5.74, 6) is 0.594. The summed E-state index contributed by atoms with van der Waals surface area (Å²) < 4.78 is 5.08. The summed E-state index contributed by atoms with van der Waals surface area (Å²) in [5.41, 5.74) is 6.45. The number of nitrogens with zero attached hydrogens (tertiary/aromatic N) is 1. The minimum absolute atomic E-state index is 0.572. The summed E-state index contributed by atoms with van der Waals surface area (Å²) in [7, 11) is 3.55. The Morgan fingerprint density at radius 1 is 1.31 bits per heavy atom. The molecule has 3 nitrogen and oxygen atoms in total. The second-order valence-corrected chi connectivity index (χ2v) is 4.42. The Bertz CT molecular complexity index is 358. The molecule has 0 fully saturated rings. The van der Waals surface area contributed by atoms with Gasteiger partial charge in [0, 0.05) is 30.7 Å². The molecule has 16 heavy (non-hydrogen) atoms. The van der Waals surface area contributed by atoms with Gasteiger partial charge < -0.3 is 15.4 Å². The van der Waals surface area contributed by atoms with Gasteiger partial charge in [0.15, 0.2) is 0 Å². The van der Waals surface area contributed by atoms with Gasteiger partial charge in [-0.15, -0.1) is 0 Å². The van der Waals surface area contributed by atoms with Crippen molar-refractivity contribution >= 4 is 23.2 Å². The first-order valence-electron chi connectivity index (χ1n) is 4.99. The van der Waals surface area contributed by atoms with Crippen molar-refractivity contribution in [3.05, 3.63) is 27.7 Å². The molecule has 1 aromatic carbocycles. The summed E-state index contributed by atoms with van der Waals surface area (Å²) in [4.78, 5) is 2.09. The van der Waals surface area contributed by atoms with Gasteiger partial charge >= 0.3 is 0 Å². The maximum Gasteiger partial charge on any atom is 0.138 e. The van der Waals surface area contributed by atoms with Gasteiger partial charge in [-0.1, -0.05) is 23.2 Å². The highest BCUT2D eigenvalue weighted by molar-refractivity contribution is 6.34. The van der Waals surface area contributed by atoms with E-state index >= 15 is 0 Å². The van der Waals surface area contributed by atoms with Gasteiger partial charge in [0.25, 0.3) is 0 Å². The van der Waals surface area contributed by atoms with E-state index in [1.807, 2.05) is 13.1 Å². The molecule has 0 bridgehead atoms. The van der Waals surface area contributed by atoms with Crippen LogP contribution in [0.2, 0.25) is 10.0 Å². The lowest BCUT2D eigenvalue weighted by Crippen LogP contribution is -2.25. The zero-order chi connectivity index (χ0) is 12.1. The lowest BCUT2D eigenvalue weighted by Gasteiger charge is -2.17. The standard InChI is InChI=1S/C11H16Cl2N2O/c1-15(4-3-14)7-8-5-10(13)11(16-2)6-9(8)12/h5-6H,3-4,7,14H2,1-2H3. The number of halogens is 2. The molecule has 0 heterocycles. The third kappa shape index (κ3) is 3.52. The van der Waals surface area contributed by atoms with Crippen molar-refractivity contribution in [1.29, 1.82) is 0 Å². The Morgan fingerprint density at radius 2 is 2.00 bits per heavy atom. The number of nitrogens with two attached hydrogens (primary N) is 1. The number of likely N-dealkylation sites (N-methyl/N-ethyl adjacent to an activating group) is 1.